The molecule has 132 valence electrons. The average molecular weight is 346 g/mol. The van der Waals surface area contributed by atoms with E-state index < -0.39 is 5.60 Å². The highest BCUT2D eigenvalue weighted by Crippen LogP contribution is 2.37. The molecular formula is C22H22N2O2. The van der Waals surface area contributed by atoms with Gasteiger partial charge in [-0.3, -0.25) is 4.79 Å². The van der Waals surface area contributed by atoms with Gasteiger partial charge in [0.1, 0.15) is 11.4 Å². The summed E-state index contributed by atoms with van der Waals surface area (Å²) < 4.78 is 1.88. The molecule has 1 N–H and O–H groups in total. The molecule has 3 aromatic rings. The molecule has 26 heavy (non-hydrogen) atoms. The Labute approximate surface area is 153 Å². The molecule has 0 bridgehead atoms. The summed E-state index contributed by atoms with van der Waals surface area (Å²) in [5.41, 5.74) is 3.75. The number of nitrogens with zero attached hydrogens (tertiary/aromatic N) is 2. The first-order valence-electron chi connectivity index (χ1n) is 9.02. The topological polar surface area (TPSA) is 55.1 Å². The number of aliphatic hydroxyl groups is 1. The second kappa shape index (κ2) is 6.54. The number of aryl methyl sites for hydroxylation is 1. The largest absolute Gasteiger partial charge is 0.383 e. The lowest BCUT2D eigenvalue weighted by Gasteiger charge is -2.29. The molecule has 1 fully saturated rings. The molecule has 0 radical (unpaired) electrons. The van der Waals surface area contributed by atoms with E-state index in [9.17, 15) is 9.90 Å². The van der Waals surface area contributed by atoms with Gasteiger partial charge >= 0.3 is 0 Å². The van der Waals surface area contributed by atoms with Crippen LogP contribution in [-0.4, -0.2) is 20.7 Å². The number of hydrogen-bond acceptors (Lipinski definition) is 3. The third kappa shape index (κ3) is 3.08. The molecule has 1 saturated carbocycles. The van der Waals surface area contributed by atoms with Gasteiger partial charge in [-0.15, -0.1) is 0 Å². The highest BCUT2D eigenvalue weighted by molar-refractivity contribution is 5.79. The van der Waals surface area contributed by atoms with Crippen molar-refractivity contribution in [2.45, 2.75) is 38.2 Å². The molecule has 4 rings (SSSR count). The van der Waals surface area contributed by atoms with Crippen LogP contribution < -0.4 is 0 Å². The summed E-state index contributed by atoms with van der Waals surface area (Å²) in [6.07, 6.45) is 1.69. The van der Waals surface area contributed by atoms with E-state index in [1.54, 1.807) is 0 Å². The van der Waals surface area contributed by atoms with Crippen molar-refractivity contribution in [1.29, 1.82) is 0 Å². The molecule has 0 saturated heterocycles. The SMILES string of the molecule is Cc1ccc(-c2cc(C3(O)CCC(=O)CC3)nn2-c2ccccc2)cc1. The summed E-state index contributed by atoms with van der Waals surface area (Å²) >= 11 is 0. The van der Waals surface area contributed by atoms with Crippen molar-refractivity contribution >= 4 is 5.78 Å². The smallest absolute Gasteiger partial charge is 0.133 e. The Kier molecular flexibility index (Phi) is 4.21. The Bertz CT molecular complexity index is 917. The van der Waals surface area contributed by atoms with Crippen molar-refractivity contribution < 1.29 is 9.90 Å². The van der Waals surface area contributed by atoms with E-state index in [4.69, 9.17) is 5.10 Å². The van der Waals surface area contributed by atoms with E-state index >= 15 is 0 Å². The van der Waals surface area contributed by atoms with Crippen LogP contribution in [0.2, 0.25) is 0 Å². The van der Waals surface area contributed by atoms with Crippen molar-refractivity contribution in [1.82, 2.24) is 9.78 Å². The maximum Gasteiger partial charge on any atom is 0.133 e. The molecule has 2 aromatic carbocycles. The molecular weight excluding hydrogens is 324 g/mol. The minimum atomic E-state index is -1.03. The molecule has 0 amide bonds. The highest BCUT2D eigenvalue weighted by atomic mass is 16.3. The van der Waals surface area contributed by atoms with Gasteiger partial charge in [0.25, 0.3) is 0 Å². The van der Waals surface area contributed by atoms with Gasteiger partial charge in [0.05, 0.1) is 17.1 Å². The monoisotopic (exact) mass is 346 g/mol. The molecule has 1 aliphatic rings. The van der Waals surface area contributed by atoms with Crippen LogP contribution in [0.4, 0.5) is 0 Å². The first-order chi connectivity index (χ1) is 12.5. The molecule has 0 aliphatic heterocycles. The predicted octanol–water partition coefficient (Wildman–Crippen LogP) is 4.18. The van der Waals surface area contributed by atoms with Gasteiger partial charge in [-0.1, -0.05) is 48.0 Å². The predicted molar refractivity (Wildman–Crippen MR) is 101 cm³/mol. The zero-order chi connectivity index (χ0) is 18.1. The fourth-order valence-corrected chi connectivity index (χ4v) is 3.50. The lowest BCUT2D eigenvalue weighted by atomic mass is 9.82. The zero-order valence-electron chi connectivity index (χ0n) is 14.9. The van der Waals surface area contributed by atoms with Gasteiger partial charge in [-0.2, -0.15) is 5.10 Å². The number of rotatable bonds is 3. The number of ketones is 1. The van der Waals surface area contributed by atoms with Crippen LogP contribution in [0.25, 0.3) is 16.9 Å². The number of benzene rings is 2. The fraction of sp³-hybridized carbons (Fsp3) is 0.273. The van der Waals surface area contributed by atoms with E-state index in [2.05, 4.69) is 31.2 Å². The molecule has 0 unspecified atom stereocenters. The van der Waals surface area contributed by atoms with E-state index in [0.29, 0.717) is 31.4 Å². The quantitative estimate of drug-likeness (QED) is 0.774. The van der Waals surface area contributed by atoms with Gasteiger partial charge in [0, 0.05) is 18.4 Å². The van der Waals surface area contributed by atoms with Crippen LogP contribution in [0.1, 0.15) is 36.9 Å². The third-order valence-electron chi connectivity index (χ3n) is 5.17. The van der Waals surface area contributed by atoms with Crippen LogP contribution in [0.15, 0.2) is 60.7 Å². The van der Waals surface area contributed by atoms with E-state index in [1.165, 1.54) is 5.56 Å². The zero-order valence-corrected chi connectivity index (χ0v) is 14.9. The number of hydrogen-bond donors (Lipinski definition) is 1. The number of Topliss-reactive ketones (excluding diaryl/α,β-unsaturated/α-hetero) is 1. The summed E-state index contributed by atoms with van der Waals surface area (Å²) in [7, 11) is 0. The van der Waals surface area contributed by atoms with Crippen molar-refractivity contribution in [3.63, 3.8) is 0 Å². The van der Waals surface area contributed by atoms with Gasteiger partial charge in [-0.05, 0) is 38.0 Å². The number of carbonyl (C=O) groups excluding carboxylic acids is 1. The summed E-state index contributed by atoms with van der Waals surface area (Å²) in [4.78, 5) is 11.6. The van der Waals surface area contributed by atoms with Gasteiger partial charge in [0.2, 0.25) is 0 Å². The number of aromatic nitrogens is 2. The maximum atomic E-state index is 11.6. The Morgan fingerprint density at radius 1 is 1.00 bits per heavy atom. The molecule has 0 spiro atoms. The van der Waals surface area contributed by atoms with E-state index in [1.807, 2.05) is 41.1 Å². The second-order valence-corrected chi connectivity index (χ2v) is 7.10. The van der Waals surface area contributed by atoms with Gasteiger partial charge in [0.15, 0.2) is 0 Å². The highest BCUT2D eigenvalue weighted by Gasteiger charge is 2.37. The second-order valence-electron chi connectivity index (χ2n) is 7.10. The van der Waals surface area contributed by atoms with Crippen molar-refractivity contribution in [3.05, 3.63) is 71.9 Å². The molecule has 4 nitrogen and oxygen atoms in total. The van der Waals surface area contributed by atoms with E-state index in [0.717, 1.165) is 16.9 Å². The standard InChI is InChI=1S/C22H22N2O2/c1-16-7-9-17(10-8-16)20-15-21(22(26)13-11-19(25)12-14-22)23-24(20)18-5-3-2-4-6-18/h2-10,15,26H,11-14H2,1H3. The summed E-state index contributed by atoms with van der Waals surface area (Å²) in [6, 6.07) is 20.2. The Morgan fingerprint density at radius 3 is 2.31 bits per heavy atom. The molecule has 0 atom stereocenters. The Balaban J connectivity index is 1.83. The first kappa shape index (κ1) is 16.7. The van der Waals surface area contributed by atoms with Crippen LogP contribution in [-0.2, 0) is 10.4 Å². The number of carbonyl (C=O) groups is 1. The van der Waals surface area contributed by atoms with Gasteiger partial charge < -0.3 is 5.11 Å². The first-order valence-corrected chi connectivity index (χ1v) is 9.02. The lowest BCUT2D eigenvalue weighted by molar-refractivity contribution is -0.125. The van der Waals surface area contributed by atoms with Crippen molar-refractivity contribution in [2.24, 2.45) is 0 Å². The Hall–Kier alpha value is -2.72. The normalized spacial score (nSPS) is 16.6. The van der Waals surface area contributed by atoms with Crippen molar-refractivity contribution in [2.75, 3.05) is 0 Å². The van der Waals surface area contributed by atoms with Crippen molar-refractivity contribution in [3.8, 4) is 16.9 Å². The number of para-hydroxylation sites is 1. The summed E-state index contributed by atoms with van der Waals surface area (Å²) in [5.74, 6) is 0.218. The van der Waals surface area contributed by atoms with Crippen LogP contribution >= 0.6 is 0 Å². The summed E-state index contributed by atoms with van der Waals surface area (Å²) in [5, 5.41) is 15.9. The average Bonchev–Trinajstić information content (AvgIpc) is 3.12. The Morgan fingerprint density at radius 2 is 1.65 bits per heavy atom. The van der Waals surface area contributed by atoms with Crippen LogP contribution in [0.3, 0.4) is 0 Å². The fourth-order valence-electron chi connectivity index (χ4n) is 3.50. The molecule has 1 aliphatic carbocycles. The minimum absolute atomic E-state index is 0.218. The molecule has 1 aromatic heterocycles. The van der Waals surface area contributed by atoms with Crippen LogP contribution in [0, 0.1) is 6.92 Å². The molecule has 4 heteroatoms. The maximum absolute atomic E-state index is 11.6. The lowest BCUT2D eigenvalue weighted by Crippen LogP contribution is -2.32. The van der Waals surface area contributed by atoms with Crippen LogP contribution in [0.5, 0.6) is 0 Å². The molecule has 1 heterocycles. The summed E-state index contributed by atoms with van der Waals surface area (Å²) in [6.45, 7) is 2.06. The third-order valence-corrected chi connectivity index (χ3v) is 5.17. The minimum Gasteiger partial charge on any atom is -0.383 e. The van der Waals surface area contributed by atoms with E-state index in [-0.39, 0.29) is 5.78 Å². The van der Waals surface area contributed by atoms with Gasteiger partial charge in [-0.25, -0.2) is 4.68 Å².